The summed E-state index contributed by atoms with van der Waals surface area (Å²) >= 11 is 12.5. The molecule has 104 valence electrons. The van der Waals surface area contributed by atoms with Gasteiger partial charge in [-0.05, 0) is 6.07 Å². The van der Waals surface area contributed by atoms with Crippen LogP contribution in [0.25, 0.3) is 0 Å². The zero-order chi connectivity index (χ0) is 14.6. The van der Waals surface area contributed by atoms with Crippen LogP contribution in [-0.2, 0) is 9.53 Å². The summed E-state index contributed by atoms with van der Waals surface area (Å²) in [6.45, 7) is 0. The van der Waals surface area contributed by atoms with Gasteiger partial charge in [0.25, 0.3) is 0 Å². The zero-order valence-corrected chi connectivity index (χ0v) is 11.9. The summed E-state index contributed by atoms with van der Waals surface area (Å²) in [5.41, 5.74) is 0.134. The van der Waals surface area contributed by atoms with Crippen molar-refractivity contribution >= 4 is 52.4 Å². The third-order valence-corrected chi connectivity index (χ3v) is 3.61. The van der Waals surface area contributed by atoms with Crippen LogP contribution in [0.1, 0.15) is 16.8 Å². The van der Waals surface area contributed by atoms with Crippen LogP contribution in [0.15, 0.2) is 6.07 Å². The Morgan fingerprint density at radius 3 is 2.53 bits per heavy atom. The normalized spacial score (nSPS) is 11.7. The molecule has 0 fully saturated rings. The molecule has 1 heterocycles. The van der Waals surface area contributed by atoms with E-state index in [0.29, 0.717) is 4.34 Å². The molecule has 0 radical (unpaired) electrons. The molecule has 0 saturated carbocycles. The summed E-state index contributed by atoms with van der Waals surface area (Å²) in [6, 6.07) is -0.0387. The van der Waals surface area contributed by atoms with Crippen molar-refractivity contribution in [2.45, 2.75) is 12.5 Å². The molecule has 1 unspecified atom stereocenters. The van der Waals surface area contributed by atoms with Crippen LogP contribution in [0.2, 0.25) is 8.67 Å². The summed E-state index contributed by atoms with van der Waals surface area (Å²) < 4.78 is 4.77. The van der Waals surface area contributed by atoms with Gasteiger partial charge in [0.15, 0.2) is 5.78 Å². The third kappa shape index (κ3) is 4.38. The number of ether oxygens (including phenoxy) is 1. The Labute approximate surface area is 122 Å². The van der Waals surface area contributed by atoms with Crippen LogP contribution in [-0.4, -0.2) is 36.1 Å². The highest BCUT2D eigenvalue weighted by atomic mass is 35.5. The number of ketones is 1. The predicted octanol–water partition coefficient (Wildman–Crippen LogP) is 2.44. The van der Waals surface area contributed by atoms with Crippen LogP contribution < -0.4 is 5.32 Å². The van der Waals surface area contributed by atoms with Crippen molar-refractivity contribution in [1.82, 2.24) is 5.32 Å². The number of amides is 1. The van der Waals surface area contributed by atoms with E-state index in [2.05, 4.69) is 4.74 Å². The van der Waals surface area contributed by atoms with E-state index in [4.69, 9.17) is 28.3 Å². The fraction of sp³-hybridized carbons (Fsp3) is 0.300. The Morgan fingerprint density at radius 2 is 2.11 bits per heavy atom. The molecule has 0 aliphatic heterocycles. The lowest BCUT2D eigenvalue weighted by atomic mass is 10.1. The maximum Gasteiger partial charge on any atom is 0.407 e. The average Bonchev–Trinajstić information content (AvgIpc) is 2.67. The van der Waals surface area contributed by atoms with Gasteiger partial charge in [-0.25, -0.2) is 9.59 Å². The number of halogens is 2. The SMILES string of the molecule is COC(=O)NC(CC(=O)c1cc(Cl)sc1Cl)C(=O)O. The number of aliphatic carboxylic acids is 1. The molecule has 1 amide bonds. The second-order valence-electron chi connectivity index (χ2n) is 3.39. The Bertz CT molecular complexity index is 516. The summed E-state index contributed by atoms with van der Waals surface area (Å²) in [4.78, 5) is 33.8. The van der Waals surface area contributed by atoms with Gasteiger partial charge in [0.05, 0.1) is 11.4 Å². The largest absolute Gasteiger partial charge is 0.480 e. The average molecular weight is 326 g/mol. The molecule has 0 aliphatic carbocycles. The number of hydrogen-bond donors (Lipinski definition) is 2. The van der Waals surface area contributed by atoms with Crippen LogP contribution in [0, 0.1) is 0 Å². The number of carboxylic acids is 1. The van der Waals surface area contributed by atoms with Gasteiger partial charge in [-0.3, -0.25) is 4.79 Å². The van der Waals surface area contributed by atoms with Gasteiger partial charge in [0.2, 0.25) is 0 Å². The number of nitrogens with one attached hydrogen (secondary N) is 1. The number of carbonyl (C=O) groups excluding carboxylic acids is 2. The molecular weight excluding hydrogens is 317 g/mol. The smallest absolute Gasteiger partial charge is 0.407 e. The zero-order valence-electron chi connectivity index (χ0n) is 9.61. The molecule has 6 nitrogen and oxygen atoms in total. The number of thiophene rings is 1. The van der Waals surface area contributed by atoms with E-state index in [1.807, 2.05) is 5.32 Å². The van der Waals surface area contributed by atoms with E-state index >= 15 is 0 Å². The predicted molar refractivity (Wildman–Crippen MR) is 70.3 cm³/mol. The van der Waals surface area contributed by atoms with E-state index in [9.17, 15) is 14.4 Å². The van der Waals surface area contributed by atoms with Gasteiger partial charge in [0.1, 0.15) is 10.4 Å². The van der Waals surface area contributed by atoms with Gasteiger partial charge >= 0.3 is 12.1 Å². The minimum Gasteiger partial charge on any atom is -0.480 e. The van der Waals surface area contributed by atoms with Gasteiger partial charge in [0, 0.05) is 12.0 Å². The molecule has 1 atom stereocenters. The third-order valence-electron chi connectivity index (χ3n) is 2.12. The van der Waals surface area contributed by atoms with Crippen molar-refractivity contribution in [1.29, 1.82) is 0 Å². The molecule has 1 aromatic heterocycles. The number of methoxy groups -OCH3 is 1. The molecule has 0 saturated heterocycles. The standard InChI is InChI=1S/C10H9Cl2NO5S/c1-18-10(17)13-5(9(15)16)3-6(14)4-2-7(11)19-8(4)12/h2,5H,3H2,1H3,(H,13,17)(H,15,16). The first-order valence-corrected chi connectivity index (χ1v) is 6.47. The van der Waals surface area contributed by atoms with Crippen LogP contribution in [0.4, 0.5) is 4.79 Å². The Kier molecular flexibility index (Phi) is 5.59. The first kappa shape index (κ1) is 15.7. The van der Waals surface area contributed by atoms with Crippen molar-refractivity contribution < 1.29 is 24.2 Å². The van der Waals surface area contributed by atoms with Crippen molar-refractivity contribution in [2.24, 2.45) is 0 Å². The first-order chi connectivity index (χ1) is 8.85. The number of alkyl carbamates (subject to hydrolysis) is 1. The highest BCUT2D eigenvalue weighted by Gasteiger charge is 2.26. The fourth-order valence-electron chi connectivity index (χ4n) is 1.23. The quantitative estimate of drug-likeness (QED) is 0.811. The lowest BCUT2D eigenvalue weighted by molar-refractivity contribution is -0.139. The van der Waals surface area contributed by atoms with E-state index < -0.39 is 30.3 Å². The minimum atomic E-state index is -1.39. The molecule has 0 spiro atoms. The summed E-state index contributed by atoms with van der Waals surface area (Å²) in [5, 5.41) is 10.9. The van der Waals surface area contributed by atoms with E-state index in [0.717, 1.165) is 18.4 Å². The number of carbonyl (C=O) groups is 3. The number of rotatable bonds is 5. The van der Waals surface area contributed by atoms with Crippen LogP contribution in [0.3, 0.4) is 0 Å². The highest BCUT2D eigenvalue weighted by molar-refractivity contribution is 7.20. The van der Waals surface area contributed by atoms with Crippen molar-refractivity contribution in [3.63, 3.8) is 0 Å². The molecule has 0 aromatic carbocycles. The first-order valence-electron chi connectivity index (χ1n) is 4.90. The van der Waals surface area contributed by atoms with E-state index in [1.54, 1.807) is 0 Å². The summed E-state index contributed by atoms with van der Waals surface area (Å²) in [7, 11) is 1.09. The highest BCUT2D eigenvalue weighted by Crippen LogP contribution is 2.32. The molecule has 0 bridgehead atoms. The maximum atomic E-state index is 11.9. The lowest BCUT2D eigenvalue weighted by Crippen LogP contribution is -2.42. The second kappa shape index (κ2) is 6.74. The van der Waals surface area contributed by atoms with E-state index in [1.165, 1.54) is 6.07 Å². The Hall–Kier alpha value is -1.31. The number of hydrogen-bond acceptors (Lipinski definition) is 5. The van der Waals surface area contributed by atoms with Gasteiger partial charge in [-0.15, -0.1) is 11.3 Å². The molecule has 9 heteroatoms. The Balaban J connectivity index is 2.79. The van der Waals surface area contributed by atoms with Crippen molar-refractivity contribution in [3.05, 3.63) is 20.3 Å². The molecule has 2 N–H and O–H groups in total. The minimum absolute atomic E-state index is 0.134. The van der Waals surface area contributed by atoms with Gasteiger partial charge in [-0.1, -0.05) is 23.2 Å². The molecular formula is C10H9Cl2NO5S. The fourth-order valence-corrected chi connectivity index (χ4v) is 2.73. The lowest BCUT2D eigenvalue weighted by Gasteiger charge is -2.12. The molecule has 1 aromatic rings. The molecule has 19 heavy (non-hydrogen) atoms. The number of Topliss-reactive ketones (excluding diaryl/α,β-unsaturated/α-hetero) is 1. The summed E-state index contributed by atoms with van der Waals surface area (Å²) in [5.74, 6) is -1.88. The van der Waals surface area contributed by atoms with Gasteiger partial charge < -0.3 is 15.2 Å². The van der Waals surface area contributed by atoms with Crippen molar-refractivity contribution in [3.8, 4) is 0 Å². The maximum absolute atomic E-state index is 11.9. The monoisotopic (exact) mass is 325 g/mol. The molecule has 0 aliphatic rings. The van der Waals surface area contributed by atoms with Crippen molar-refractivity contribution in [2.75, 3.05) is 7.11 Å². The summed E-state index contributed by atoms with van der Waals surface area (Å²) in [6.07, 6.45) is -1.38. The van der Waals surface area contributed by atoms with Gasteiger partial charge in [-0.2, -0.15) is 0 Å². The van der Waals surface area contributed by atoms with Crippen LogP contribution >= 0.6 is 34.5 Å². The van der Waals surface area contributed by atoms with Crippen LogP contribution in [0.5, 0.6) is 0 Å². The number of carboxylic acid groups (broad SMARTS) is 1. The second-order valence-corrected chi connectivity index (χ2v) is 5.68. The Morgan fingerprint density at radius 1 is 1.47 bits per heavy atom. The topological polar surface area (TPSA) is 92.7 Å². The van der Waals surface area contributed by atoms with E-state index in [-0.39, 0.29) is 9.90 Å². The molecule has 1 rings (SSSR count).